The van der Waals surface area contributed by atoms with Gasteiger partial charge >= 0.3 is 0 Å². The zero-order valence-electron chi connectivity index (χ0n) is 21.9. The molecule has 9 heteroatoms. The number of benzene rings is 2. The van der Waals surface area contributed by atoms with Gasteiger partial charge in [-0.2, -0.15) is 0 Å². The lowest BCUT2D eigenvalue weighted by Gasteiger charge is -2.15. The van der Waals surface area contributed by atoms with Gasteiger partial charge in [-0.25, -0.2) is 0 Å². The molecule has 2 aromatic heterocycles. The van der Waals surface area contributed by atoms with E-state index in [4.69, 9.17) is 29.9 Å². The Morgan fingerprint density at radius 2 is 1.85 bits per heavy atom. The Morgan fingerprint density at radius 3 is 2.54 bits per heavy atom. The summed E-state index contributed by atoms with van der Waals surface area (Å²) in [7, 11) is 3.23. The van der Waals surface area contributed by atoms with Crippen LogP contribution in [-0.2, 0) is 4.84 Å². The number of methoxy groups -OCH3 is 2. The number of aromatic amines is 1. The van der Waals surface area contributed by atoms with Crippen molar-refractivity contribution in [3.63, 3.8) is 0 Å². The van der Waals surface area contributed by atoms with Crippen LogP contribution in [0.4, 0.5) is 0 Å². The lowest BCUT2D eigenvalue weighted by Crippen LogP contribution is -2.25. The molecule has 6 rings (SSSR count). The van der Waals surface area contributed by atoms with Gasteiger partial charge in [0.05, 0.1) is 32.4 Å². The Balaban J connectivity index is 0.00000308. The first-order valence-corrected chi connectivity index (χ1v) is 12.7. The van der Waals surface area contributed by atoms with Crippen LogP contribution >= 0.6 is 12.4 Å². The number of hydrogen-bond acceptors (Lipinski definition) is 7. The van der Waals surface area contributed by atoms with Crippen LogP contribution in [0.15, 0.2) is 58.5 Å². The maximum absolute atomic E-state index is 6.15. The first-order chi connectivity index (χ1) is 18.7. The largest absolute Gasteiger partial charge is 0.493 e. The molecule has 0 bridgehead atoms. The Hall–Kier alpha value is -4.06. The number of terminal acetylenes is 1. The molecule has 0 saturated carbocycles. The van der Waals surface area contributed by atoms with E-state index in [0.717, 1.165) is 64.2 Å². The van der Waals surface area contributed by atoms with Gasteiger partial charge in [0.25, 0.3) is 0 Å². The van der Waals surface area contributed by atoms with E-state index in [-0.39, 0.29) is 12.4 Å². The van der Waals surface area contributed by atoms with Crippen LogP contribution < -0.4 is 14.2 Å². The first-order valence-electron chi connectivity index (χ1n) is 12.7. The average Bonchev–Trinajstić information content (AvgIpc) is 3.75. The molecule has 39 heavy (non-hydrogen) atoms. The molecule has 1 unspecified atom stereocenters. The SMILES string of the molecule is C#CC(ON=C1c2cc(OC)c(OC)cc2-c2[nH]c3ccc(OCCN4CCCC4)cc3c21)c1ccoc1.Cl. The minimum absolute atomic E-state index is 0. The summed E-state index contributed by atoms with van der Waals surface area (Å²) in [5.41, 5.74) is 5.97. The smallest absolute Gasteiger partial charge is 0.215 e. The van der Waals surface area contributed by atoms with Crippen molar-refractivity contribution in [2.45, 2.75) is 18.9 Å². The normalized spacial score (nSPS) is 15.9. The Bertz CT molecular complexity index is 1530. The third-order valence-corrected chi connectivity index (χ3v) is 7.18. The number of halogens is 1. The fourth-order valence-corrected chi connectivity index (χ4v) is 5.24. The summed E-state index contributed by atoms with van der Waals surface area (Å²) in [5, 5.41) is 5.58. The second-order valence-electron chi connectivity index (χ2n) is 9.38. The van der Waals surface area contributed by atoms with E-state index in [9.17, 15) is 0 Å². The molecule has 8 nitrogen and oxygen atoms in total. The summed E-state index contributed by atoms with van der Waals surface area (Å²) in [6.07, 6.45) is 10.7. The molecule has 2 aliphatic rings. The first kappa shape index (κ1) is 26.5. The monoisotopic (exact) mass is 547 g/mol. The fraction of sp³-hybridized carbons (Fsp3) is 0.300. The molecule has 1 N–H and O–H groups in total. The van der Waals surface area contributed by atoms with Crippen molar-refractivity contribution in [3.8, 4) is 40.8 Å². The van der Waals surface area contributed by atoms with E-state index in [1.54, 1.807) is 32.8 Å². The summed E-state index contributed by atoms with van der Waals surface area (Å²) in [6, 6.07) is 11.7. The van der Waals surface area contributed by atoms with E-state index >= 15 is 0 Å². The molecule has 3 heterocycles. The molecule has 4 aromatic rings. The lowest BCUT2D eigenvalue weighted by molar-refractivity contribution is 0.0996. The van der Waals surface area contributed by atoms with E-state index in [0.29, 0.717) is 23.8 Å². The molecule has 1 fully saturated rings. The second kappa shape index (κ2) is 11.4. The van der Waals surface area contributed by atoms with Crippen molar-refractivity contribution in [3.05, 3.63) is 65.6 Å². The second-order valence-corrected chi connectivity index (χ2v) is 9.38. The third-order valence-electron chi connectivity index (χ3n) is 7.18. The molecule has 1 aliphatic carbocycles. The summed E-state index contributed by atoms with van der Waals surface area (Å²) >= 11 is 0. The van der Waals surface area contributed by atoms with E-state index < -0.39 is 6.10 Å². The van der Waals surface area contributed by atoms with Gasteiger partial charge in [0, 0.05) is 39.7 Å². The average molecular weight is 548 g/mol. The Labute approximate surface area is 233 Å². The number of ether oxygens (including phenoxy) is 3. The Kier molecular flexibility index (Phi) is 7.73. The number of aromatic nitrogens is 1. The van der Waals surface area contributed by atoms with Gasteiger partial charge in [-0.3, -0.25) is 4.90 Å². The van der Waals surface area contributed by atoms with Crippen molar-refractivity contribution >= 4 is 29.0 Å². The van der Waals surface area contributed by atoms with Crippen LogP contribution in [0.5, 0.6) is 17.2 Å². The molecule has 0 amide bonds. The van der Waals surface area contributed by atoms with Crippen LogP contribution in [0.3, 0.4) is 0 Å². The number of nitrogens with one attached hydrogen (secondary N) is 1. The summed E-state index contributed by atoms with van der Waals surface area (Å²) < 4.78 is 22.5. The standard InChI is InChI=1S/C30H29N3O5.ClH/c1-4-25(19-9-13-36-18-19)38-32-30-22-17-27(35-3)26(34-2)16-21(22)29-28(30)23-15-20(7-8-24(23)31-29)37-14-12-33-10-5-6-11-33;/h1,7-9,13,15-18,25,31H,5-6,10-12,14H2,2-3H3;1H. The van der Waals surface area contributed by atoms with Crippen LogP contribution in [0.2, 0.25) is 0 Å². The number of furan rings is 1. The topological polar surface area (TPSA) is 81.4 Å². The van der Waals surface area contributed by atoms with Gasteiger partial charge in [-0.1, -0.05) is 11.1 Å². The molecule has 0 radical (unpaired) electrons. The lowest BCUT2D eigenvalue weighted by atomic mass is 10.1. The highest BCUT2D eigenvalue weighted by atomic mass is 35.5. The van der Waals surface area contributed by atoms with E-state index in [1.807, 2.05) is 24.3 Å². The summed E-state index contributed by atoms with van der Waals surface area (Å²) in [5.74, 6) is 4.68. The molecule has 2 aromatic carbocycles. The highest BCUT2D eigenvalue weighted by Gasteiger charge is 2.32. The predicted molar refractivity (Wildman–Crippen MR) is 152 cm³/mol. The number of rotatable bonds is 9. The molecule has 0 spiro atoms. The number of likely N-dealkylation sites (tertiary alicyclic amines) is 1. The van der Waals surface area contributed by atoms with Gasteiger partial charge < -0.3 is 28.4 Å². The minimum Gasteiger partial charge on any atom is -0.493 e. The molecule has 202 valence electrons. The molecular formula is C30H30ClN3O5. The zero-order chi connectivity index (χ0) is 26.1. The summed E-state index contributed by atoms with van der Waals surface area (Å²) in [4.78, 5) is 11.9. The van der Waals surface area contributed by atoms with Crippen LogP contribution in [0.25, 0.3) is 22.2 Å². The minimum atomic E-state index is -0.691. The molecule has 1 aliphatic heterocycles. The number of oxime groups is 1. The van der Waals surface area contributed by atoms with Gasteiger partial charge in [-0.05, 0) is 62.3 Å². The van der Waals surface area contributed by atoms with Crippen LogP contribution in [0.1, 0.15) is 35.6 Å². The van der Waals surface area contributed by atoms with Crippen molar-refractivity contribution in [1.82, 2.24) is 9.88 Å². The highest BCUT2D eigenvalue weighted by molar-refractivity contribution is 6.30. The number of nitrogens with zero attached hydrogens (tertiary/aromatic N) is 2. The van der Waals surface area contributed by atoms with Crippen molar-refractivity contribution < 1.29 is 23.5 Å². The van der Waals surface area contributed by atoms with Crippen molar-refractivity contribution in [2.24, 2.45) is 5.16 Å². The molecule has 1 saturated heterocycles. The van der Waals surface area contributed by atoms with Gasteiger partial charge in [0.1, 0.15) is 18.1 Å². The maximum atomic E-state index is 6.15. The highest BCUT2D eigenvalue weighted by Crippen LogP contribution is 2.46. The third kappa shape index (κ3) is 4.91. The fourth-order valence-electron chi connectivity index (χ4n) is 5.24. The molecule has 1 atom stereocenters. The number of H-pyrrole nitrogens is 1. The van der Waals surface area contributed by atoms with Crippen molar-refractivity contribution in [1.29, 1.82) is 0 Å². The van der Waals surface area contributed by atoms with Crippen LogP contribution in [0, 0.1) is 12.3 Å². The Morgan fingerprint density at radius 1 is 1.08 bits per heavy atom. The predicted octanol–water partition coefficient (Wildman–Crippen LogP) is 5.80. The van der Waals surface area contributed by atoms with E-state index in [1.165, 1.54) is 12.8 Å². The van der Waals surface area contributed by atoms with Gasteiger partial charge in [0.15, 0.2) is 11.5 Å². The zero-order valence-corrected chi connectivity index (χ0v) is 22.7. The maximum Gasteiger partial charge on any atom is 0.215 e. The van der Waals surface area contributed by atoms with E-state index in [2.05, 4.69) is 27.0 Å². The summed E-state index contributed by atoms with van der Waals surface area (Å²) in [6.45, 7) is 3.87. The number of fused-ring (bicyclic) bond motifs is 5. The number of hydrogen-bond donors (Lipinski definition) is 1. The van der Waals surface area contributed by atoms with Gasteiger partial charge in [-0.15, -0.1) is 18.8 Å². The van der Waals surface area contributed by atoms with Crippen molar-refractivity contribution in [2.75, 3.05) is 40.5 Å². The van der Waals surface area contributed by atoms with Gasteiger partial charge in [0.2, 0.25) is 6.10 Å². The van der Waals surface area contributed by atoms with Crippen LogP contribution in [-0.4, -0.2) is 56.1 Å². The molecular weight excluding hydrogens is 518 g/mol. The quantitative estimate of drug-likeness (QED) is 0.186.